The van der Waals surface area contributed by atoms with E-state index in [4.69, 9.17) is 0 Å². The van der Waals surface area contributed by atoms with Crippen LogP contribution < -0.4 is 4.90 Å². The summed E-state index contributed by atoms with van der Waals surface area (Å²) in [5.74, 6) is -0.430. The molecule has 0 aromatic heterocycles. The molecule has 6 rings (SSSR count). The summed E-state index contributed by atoms with van der Waals surface area (Å²) in [4.78, 5) is 29.1. The Hall–Kier alpha value is -3.66. The number of fused-ring (bicyclic) bond motifs is 3. The second kappa shape index (κ2) is 5.92. The average Bonchev–Trinajstić information content (AvgIpc) is 3.22. The standard InChI is InChI=1S/C25H18N2O2/c28-24-20-6-1-2-7-21(20)25(29)27(24)15-16-8-11-22-19(14-16)10-9-17-4-3-5-18-12-13-26(22)23(17)18/h1-11,14H,12-13,15H2. The zero-order valence-corrected chi connectivity index (χ0v) is 15.8. The van der Waals surface area contributed by atoms with Gasteiger partial charge in [0, 0.05) is 12.2 Å². The first-order chi connectivity index (χ1) is 14.2. The maximum absolute atomic E-state index is 12.7. The van der Waals surface area contributed by atoms with Gasteiger partial charge in [0.15, 0.2) is 0 Å². The Bertz CT molecular complexity index is 1210. The van der Waals surface area contributed by atoms with E-state index in [-0.39, 0.29) is 18.4 Å². The van der Waals surface area contributed by atoms with Crippen LogP contribution in [0.25, 0.3) is 12.2 Å². The van der Waals surface area contributed by atoms with Crippen LogP contribution in [-0.4, -0.2) is 23.3 Å². The number of imide groups is 1. The van der Waals surface area contributed by atoms with Crippen molar-refractivity contribution in [2.75, 3.05) is 11.4 Å². The van der Waals surface area contributed by atoms with E-state index < -0.39 is 0 Å². The van der Waals surface area contributed by atoms with Gasteiger partial charge in [0.1, 0.15) is 0 Å². The summed E-state index contributed by atoms with van der Waals surface area (Å²) in [7, 11) is 0. The second-order valence-corrected chi connectivity index (χ2v) is 7.73. The summed E-state index contributed by atoms with van der Waals surface area (Å²) >= 11 is 0. The lowest BCUT2D eigenvalue weighted by Crippen LogP contribution is -2.29. The molecule has 2 amide bonds. The Balaban J connectivity index is 1.36. The molecule has 3 aliphatic heterocycles. The SMILES string of the molecule is O=C1c2ccccc2C(=O)N1Cc1ccc2c(c1)C=Cc1cccc3c1N2CC3. The molecule has 3 heterocycles. The number of hydrogen-bond donors (Lipinski definition) is 0. The molecular weight excluding hydrogens is 360 g/mol. The lowest BCUT2D eigenvalue weighted by Gasteiger charge is -2.23. The van der Waals surface area contributed by atoms with Crippen molar-refractivity contribution in [2.45, 2.75) is 13.0 Å². The van der Waals surface area contributed by atoms with Crippen LogP contribution in [0, 0.1) is 0 Å². The van der Waals surface area contributed by atoms with Crippen molar-refractivity contribution in [3.05, 3.63) is 94.0 Å². The van der Waals surface area contributed by atoms with Gasteiger partial charge in [-0.05, 0) is 52.9 Å². The molecule has 0 radical (unpaired) electrons. The number of hydrogen-bond acceptors (Lipinski definition) is 3. The van der Waals surface area contributed by atoms with E-state index >= 15 is 0 Å². The maximum atomic E-state index is 12.7. The van der Waals surface area contributed by atoms with Crippen LogP contribution >= 0.6 is 0 Å². The van der Waals surface area contributed by atoms with Crippen LogP contribution in [0.4, 0.5) is 11.4 Å². The topological polar surface area (TPSA) is 40.6 Å². The molecule has 0 spiro atoms. The summed E-state index contributed by atoms with van der Waals surface area (Å²) in [5, 5.41) is 0. The van der Waals surface area contributed by atoms with E-state index in [0.29, 0.717) is 11.1 Å². The predicted octanol–water partition coefficient (Wildman–Crippen LogP) is 4.66. The fraction of sp³-hybridized carbons (Fsp3) is 0.120. The van der Waals surface area contributed by atoms with Gasteiger partial charge >= 0.3 is 0 Å². The smallest absolute Gasteiger partial charge is 0.261 e. The normalized spacial score (nSPS) is 16.0. The zero-order valence-electron chi connectivity index (χ0n) is 15.8. The highest BCUT2D eigenvalue weighted by Gasteiger charge is 2.35. The van der Waals surface area contributed by atoms with Crippen LogP contribution in [0.3, 0.4) is 0 Å². The zero-order chi connectivity index (χ0) is 19.5. The van der Waals surface area contributed by atoms with E-state index in [1.165, 1.54) is 27.4 Å². The fourth-order valence-electron chi connectivity index (χ4n) is 4.69. The minimum absolute atomic E-state index is 0.215. The quantitative estimate of drug-likeness (QED) is 0.609. The van der Waals surface area contributed by atoms with Crippen LogP contribution in [0.15, 0.2) is 60.7 Å². The Labute approximate surface area is 168 Å². The summed E-state index contributed by atoms with van der Waals surface area (Å²) in [6, 6.07) is 19.7. The van der Waals surface area contributed by atoms with Crippen molar-refractivity contribution in [3.8, 4) is 0 Å². The summed E-state index contributed by atoms with van der Waals surface area (Å²) in [6.07, 6.45) is 5.34. The first kappa shape index (κ1) is 16.3. The van der Waals surface area contributed by atoms with Gasteiger partial charge in [0.2, 0.25) is 0 Å². The van der Waals surface area contributed by atoms with E-state index in [2.05, 4.69) is 47.4 Å². The second-order valence-electron chi connectivity index (χ2n) is 7.73. The third-order valence-electron chi connectivity index (χ3n) is 6.07. The highest BCUT2D eigenvalue weighted by molar-refractivity contribution is 6.21. The molecule has 0 N–H and O–H groups in total. The predicted molar refractivity (Wildman–Crippen MR) is 113 cm³/mol. The molecular formula is C25H18N2O2. The molecule has 3 aromatic carbocycles. The van der Waals surface area contributed by atoms with Crippen molar-refractivity contribution in [1.82, 2.24) is 4.90 Å². The minimum atomic E-state index is -0.215. The number of carbonyl (C=O) groups is 2. The average molecular weight is 378 g/mol. The van der Waals surface area contributed by atoms with Gasteiger partial charge < -0.3 is 4.90 Å². The molecule has 0 bridgehead atoms. The van der Waals surface area contributed by atoms with Crippen molar-refractivity contribution in [2.24, 2.45) is 0 Å². The Morgan fingerprint density at radius 2 is 1.55 bits per heavy atom. The van der Waals surface area contributed by atoms with Gasteiger partial charge in [-0.25, -0.2) is 0 Å². The number of amides is 2. The molecule has 0 aliphatic carbocycles. The van der Waals surface area contributed by atoms with Gasteiger partial charge in [0.05, 0.1) is 23.4 Å². The number of rotatable bonds is 2. The molecule has 29 heavy (non-hydrogen) atoms. The number of carbonyl (C=O) groups excluding carboxylic acids is 2. The van der Waals surface area contributed by atoms with E-state index in [0.717, 1.165) is 24.1 Å². The Morgan fingerprint density at radius 1 is 0.793 bits per heavy atom. The van der Waals surface area contributed by atoms with E-state index in [1.54, 1.807) is 24.3 Å². The van der Waals surface area contributed by atoms with Gasteiger partial charge in [0.25, 0.3) is 11.8 Å². The van der Waals surface area contributed by atoms with Gasteiger partial charge in [-0.15, -0.1) is 0 Å². The molecule has 3 aromatic rings. The number of nitrogens with zero attached hydrogens (tertiary/aromatic N) is 2. The van der Waals surface area contributed by atoms with E-state index in [9.17, 15) is 9.59 Å². The van der Waals surface area contributed by atoms with Crippen LogP contribution in [-0.2, 0) is 13.0 Å². The third-order valence-corrected chi connectivity index (χ3v) is 6.07. The largest absolute Gasteiger partial charge is 0.340 e. The fourth-order valence-corrected chi connectivity index (χ4v) is 4.69. The molecule has 4 heteroatoms. The molecule has 0 saturated heterocycles. The highest BCUT2D eigenvalue weighted by atomic mass is 16.2. The lowest BCUT2D eigenvalue weighted by molar-refractivity contribution is 0.0642. The van der Waals surface area contributed by atoms with Gasteiger partial charge in [-0.1, -0.05) is 48.6 Å². The highest BCUT2D eigenvalue weighted by Crippen LogP contribution is 2.42. The number of para-hydroxylation sites is 1. The summed E-state index contributed by atoms with van der Waals surface area (Å²) in [6.45, 7) is 1.25. The first-order valence-electron chi connectivity index (χ1n) is 9.86. The summed E-state index contributed by atoms with van der Waals surface area (Å²) in [5.41, 5.74) is 8.15. The Kier molecular flexibility index (Phi) is 3.33. The molecule has 0 unspecified atom stereocenters. The minimum Gasteiger partial charge on any atom is -0.340 e. The molecule has 4 nitrogen and oxygen atoms in total. The molecule has 0 saturated carbocycles. The number of benzene rings is 3. The van der Waals surface area contributed by atoms with Crippen molar-refractivity contribution in [1.29, 1.82) is 0 Å². The number of anilines is 2. The van der Waals surface area contributed by atoms with Crippen molar-refractivity contribution >= 4 is 35.3 Å². The van der Waals surface area contributed by atoms with Crippen LogP contribution in [0.2, 0.25) is 0 Å². The lowest BCUT2D eigenvalue weighted by atomic mass is 10.1. The summed E-state index contributed by atoms with van der Waals surface area (Å²) < 4.78 is 0. The van der Waals surface area contributed by atoms with Crippen molar-refractivity contribution < 1.29 is 9.59 Å². The molecule has 3 aliphatic rings. The molecule has 0 fully saturated rings. The van der Waals surface area contributed by atoms with E-state index in [1.807, 2.05) is 6.07 Å². The third kappa shape index (κ3) is 2.32. The van der Waals surface area contributed by atoms with Crippen LogP contribution in [0.1, 0.15) is 43.0 Å². The Morgan fingerprint density at radius 3 is 2.34 bits per heavy atom. The monoisotopic (exact) mass is 378 g/mol. The van der Waals surface area contributed by atoms with Crippen LogP contribution in [0.5, 0.6) is 0 Å². The first-order valence-corrected chi connectivity index (χ1v) is 9.86. The van der Waals surface area contributed by atoms with Crippen molar-refractivity contribution in [3.63, 3.8) is 0 Å². The van der Waals surface area contributed by atoms with Gasteiger partial charge in [-0.3, -0.25) is 14.5 Å². The maximum Gasteiger partial charge on any atom is 0.261 e. The van der Waals surface area contributed by atoms with Gasteiger partial charge in [-0.2, -0.15) is 0 Å². The molecule has 0 atom stereocenters. The molecule has 140 valence electrons.